The Hall–Kier alpha value is -0.820. The smallest absolute Gasteiger partial charge is 0.208 e. The number of aliphatic imine (C=N–C) groups is 1. The Labute approximate surface area is 135 Å². The van der Waals surface area contributed by atoms with Gasteiger partial charge in [0.25, 0.3) is 0 Å². The number of sulfonamides is 1. The van der Waals surface area contributed by atoms with Gasteiger partial charge in [-0.25, -0.2) is 13.1 Å². The van der Waals surface area contributed by atoms with Crippen molar-refractivity contribution in [2.24, 2.45) is 16.8 Å². The zero-order valence-electron chi connectivity index (χ0n) is 14.2. The van der Waals surface area contributed by atoms with Gasteiger partial charge in [0.2, 0.25) is 10.0 Å². The second kappa shape index (κ2) is 10.0. The highest BCUT2D eigenvalue weighted by Gasteiger charge is 2.18. The lowest BCUT2D eigenvalue weighted by Crippen LogP contribution is -2.41. The summed E-state index contributed by atoms with van der Waals surface area (Å²) in [7, 11) is -3.12. The first-order valence-electron chi connectivity index (χ1n) is 8.37. The maximum Gasteiger partial charge on any atom is 0.208 e. The molecule has 0 saturated heterocycles. The highest BCUT2D eigenvalue weighted by Crippen LogP contribution is 2.30. The van der Waals surface area contributed by atoms with Crippen LogP contribution in [0.25, 0.3) is 0 Å². The van der Waals surface area contributed by atoms with Crippen LogP contribution >= 0.6 is 0 Å². The standard InChI is InChI=1S/C15H32N4O2S/c1-4-16-15(18-10-11-19-22(3,20)21)17-9-8-14-7-5-6-13(2)12-14/h13-14,19H,4-12H2,1-3H3,(H2,16,17,18). The van der Waals surface area contributed by atoms with E-state index >= 15 is 0 Å². The van der Waals surface area contributed by atoms with Crippen LogP contribution in [0, 0.1) is 11.8 Å². The Balaban J connectivity index is 2.28. The van der Waals surface area contributed by atoms with E-state index in [-0.39, 0.29) is 0 Å². The van der Waals surface area contributed by atoms with Crippen LogP contribution in [0.4, 0.5) is 0 Å². The van der Waals surface area contributed by atoms with Crippen LogP contribution < -0.4 is 15.4 Å². The van der Waals surface area contributed by atoms with Gasteiger partial charge >= 0.3 is 0 Å². The molecule has 0 aliphatic heterocycles. The third-order valence-corrected chi connectivity index (χ3v) is 4.71. The average Bonchev–Trinajstić information content (AvgIpc) is 2.42. The van der Waals surface area contributed by atoms with Crippen molar-refractivity contribution in [1.82, 2.24) is 15.4 Å². The first kappa shape index (κ1) is 19.2. The minimum Gasteiger partial charge on any atom is -0.357 e. The fourth-order valence-corrected chi connectivity index (χ4v) is 3.41. The fourth-order valence-electron chi connectivity index (χ4n) is 2.94. The molecule has 1 aliphatic carbocycles. The Morgan fingerprint density at radius 1 is 1.23 bits per heavy atom. The lowest BCUT2D eigenvalue weighted by Gasteiger charge is -2.26. The lowest BCUT2D eigenvalue weighted by atomic mass is 9.81. The molecule has 3 N–H and O–H groups in total. The zero-order chi connectivity index (χ0) is 16.4. The molecule has 0 aromatic carbocycles. The minimum atomic E-state index is -3.12. The molecule has 0 aromatic rings. The molecule has 22 heavy (non-hydrogen) atoms. The van der Waals surface area contributed by atoms with Crippen molar-refractivity contribution in [3.63, 3.8) is 0 Å². The Kier molecular flexibility index (Phi) is 8.78. The molecule has 0 radical (unpaired) electrons. The summed E-state index contributed by atoms with van der Waals surface area (Å²) < 4.78 is 24.4. The number of hydrogen-bond donors (Lipinski definition) is 3. The molecule has 1 fully saturated rings. The number of nitrogens with one attached hydrogen (secondary N) is 3. The van der Waals surface area contributed by atoms with Gasteiger partial charge in [-0.15, -0.1) is 0 Å². The minimum absolute atomic E-state index is 0.364. The summed E-state index contributed by atoms with van der Waals surface area (Å²) >= 11 is 0. The largest absolute Gasteiger partial charge is 0.357 e. The molecule has 1 saturated carbocycles. The third kappa shape index (κ3) is 9.25. The molecule has 0 bridgehead atoms. The molecule has 1 aliphatic rings. The molecule has 6 nitrogen and oxygen atoms in total. The van der Waals surface area contributed by atoms with E-state index in [1.165, 1.54) is 25.7 Å². The molecule has 1 rings (SSSR count). The van der Waals surface area contributed by atoms with E-state index in [2.05, 4.69) is 27.3 Å². The zero-order valence-corrected chi connectivity index (χ0v) is 15.0. The van der Waals surface area contributed by atoms with Crippen LogP contribution in [0.15, 0.2) is 4.99 Å². The molecule has 0 spiro atoms. The van der Waals surface area contributed by atoms with Gasteiger partial charge in [0.1, 0.15) is 0 Å². The molecule has 0 heterocycles. The Morgan fingerprint density at radius 2 is 2.00 bits per heavy atom. The average molecular weight is 333 g/mol. The van der Waals surface area contributed by atoms with Gasteiger partial charge in [-0.05, 0) is 31.6 Å². The van der Waals surface area contributed by atoms with Gasteiger partial charge in [0.05, 0.1) is 6.26 Å². The van der Waals surface area contributed by atoms with Gasteiger partial charge in [0, 0.05) is 26.2 Å². The number of rotatable bonds is 8. The predicted octanol–water partition coefficient (Wildman–Crippen LogP) is 1.31. The highest BCUT2D eigenvalue weighted by atomic mass is 32.2. The molecule has 0 amide bonds. The van der Waals surface area contributed by atoms with Crippen molar-refractivity contribution in [2.45, 2.75) is 46.0 Å². The first-order chi connectivity index (χ1) is 10.4. The number of guanidine groups is 1. The van der Waals surface area contributed by atoms with E-state index in [9.17, 15) is 8.42 Å². The van der Waals surface area contributed by atoms with Crippen molar-refractivity contribution >= 4 is 16.0 Å². The van der Waals surface area contributed by atoms with Crippen LogP contribution in [0.5, 0.6) is 0 Å². The fraction of sp³-hybridized carbons (Fsp3) is 0.933. The predicted molar refractivity (Wildman–Crippen MR) is 92.6 cm³/mol. The maximum atomic E-state index is 11.0. The van der Waals surface area contributed by atoms with Crippen molar-refractivity contribution in [3.05, 3.63) is 0 Å². The van der Waals surface area contributed by atoms with E-state index in [0.717, 1.165) is 43.6 Å². The summed E-state index contributed by atoms with van der Waals surface area (Å²) in [5, 5.41) is 6.34. The monoisotopic (exact) mass is 332 g/mol. The number of nitrogens with zero attached hydrogens (tertiary/aromatic N) is 1. The number of hydrogen-bond acceptors (Lipinski definition) is 3. The molecule has 2 atom stereocenters. The Morgan fingerprint density at radius 3 is 2.64 bits per heavy atom. The van der Waals surface area contributed by atoms with E-state index in [1.807, 2.05) is 6.92 Å². The summed E-state index contributed by atoms with van der Waals surface area (Å²) in [6.45, 7) is 6.88. The Bertz CT molecular complexity index is 437. The normalized spacial score (nSPS) is 23.3. The van der Waals surface area contributed by atoms with Crippen LogP contribution in [0.1, 0.15) is 46.0 Å². The molecular formula is C15H32N4O2S. The van der Waals surface area contributed by atoms with Crippen molar-refractivity contribution in [3.8, 4) is 0 Å². The molecule has 0 aromatic heterocycles. The maximum absolute atomic E-state index is 11.0. The summed E-state index contributed by atoms with van der Waals surface area (Å²) in [5.41, 5.74) is 0. The van der Waals surface area contributed by atoms with Gasteiger partial charge in [0.15, 0.2) is 5.96 Å². The summed E-state index contributed by atoms with van der Waals surface area (Å²) in [6, 6.07) is 0. The van der Waals surface area contributed by atoms with Crippen LogP contribution in [-0.4, -0.2) is 46.8 Å². The van der Waals surface area contributed by atoms with E-state index in [4.69, 9.17) is 0 Å². The third-order valence-electron chi connectivity index (χ3n) is 3.98. The van der Waals surface area contributed by atoms with Gasteiger partial charge in [-0.1, -0.05) is 26.2 Å². The molecule has 130 valence electrons. The molecule has 7 heteroatoms. The van der Waals surface area contributed by atoms with Crippen LogP contribution in [0.3, 0.4) is 0 Å². The summed E-state index contributed by atoms with van der Waals surface area (Å²) in [6.07, 6.45) is 7.70. The topological polar surface area (TPSA) is 82.6 Å². The molecule has 2 unspecified atom stereocenters. The van der Waals surface area contributed by atoms with Gasteiger partial charge in [-0.3, -0.25) is 4.99 Å². The van der Waals surface area contributed by atoms with E-state index in [1.54, 1.807) is 0 Å². The van der Waals surface area contributed by atoms with Gasteiger partial charge < -0.3 is 10.6 Å². The second-order valence-electron chi connectivity index (χ2n) is 6.28. The summed E-state index contributed by atoms with van der Waals surface area (Å²) in [5.74, 6) is 2.43. The van der Waals surface area contributed by atoms with Crippen LogP contribution in [0.2, 0.25) is 0 Å². The van der Waals surface area contributed by atoms with Gasteiger partial charge in [-0.2, -0.15) is 0 Å². The lowest BCUT2D eigenvalue weighted by molar-refractivity contribution is 0.272. The van der Waals surface area contributed by atoms with Crippen molar-refractivity contribution in [2.75, 3.05) is 32.4 Å². The molecular weight excluding hydrogens is 300 g/mol. The van der Waals surface area contributed by atoms with Crippen molar-refractivity contribution < 1.29 is 8.42 Å². The summed E-state index contributed by atoms with van der Waals surface area (Å²) in [4.78, 5) is 4.58. The van der Waals surface area contributed by atoms with E-state index in [0.29, 0.717) is 13.1 Å². The second-order valence-corrected chi connectivity index (χ2v) is 8.11. The van der Waals surface area contributed by atoms with E-state index < -0.39 is 10.0 Å². The SMILES string of the molecule is CCNC(=NCCC1CCCC(C)C1)NCCNS(C)(=O)=O. The quantitative estimate of drug-likeness (QED) is 0.355. The highest BCUT2D eigenvalue weighted by molar-refractivity contribution is 7.88. The van der Waals surface area contributed by atoms with Crippen molar-refractivity contribution in [1.29, 1.82) is 0 Å². The van der Waals surface area contributed by atoms with Crippen LogP contribution in [-0.2, 0) is 10.0 Å². The first-order valence-corrected chi connectivity index (χ1v) is 10.3.